The van der Waals surface area contributed by atoms with Crippen LogP contribution in [0, 0.1) is 0 Å². The van der Waals surface area contributed by atoms with Gasteiger partial charge in [-0.15, -0.1) is 0 Å². The number of aromatic amines is 1. The molecular weight excluding hydrogens is 246 g/mol. The molecule has 14 heavy (non-hydrogen) atoms. The van der Waals surface area contributed by atoms with Crippen molar-refractivity contribution in [1.29, 1.82) is 0 Å². The molecule has 0 aromatic carbocycles. The molecular formula is C10H12BrNO2. The van der Waals surface area contributed by atoms with Gasteiger partial charge in [0.2, 0.25) is 0 Å². The standard InChI is InChI=1S/C10H12BrNO2/c1-2-14-10(13)9-6-8(7-12-9)4-3-5-11/h3-4,6-7,12H,2,5H2,1H3. The number of carbonyl (C=O) groups excluding carboxylic acids is 1. The van der Waals surface area contributed by atoms with Gasteiger partial charge in [0.05, 0.1) is 6.61 Å². The summed E-state index contributed by atoms with van der Waals surface area (Å²) in [5.74, 6) is -0.314. The second-order valence-corrected chi connectivity index (χ2v) is 3.27. The van der Waals surface area contributed by atoms with Crippen LogP contribution in [0.1, 0.15) is 23.0 Å². The zero-order chi connectivity index (χ0) is 10.4. The monoisotopic (exact) mass is 257 g/mol. The van der Waals surface area contributed by atoms with E-state index in [0.29, 0.717) is 12.3 Å². The van der Waals surface area contributed by atoms with Crippen LogP contribution in [-0.4, -0.2) is 22.9 Å². The zero-order valence-corrected chi connectivity index (χ0v) is 9.50. The molecule has 0 radical (unpaired) electrons. The molecule has 1 heterocycles. The lowest BCUT2D eigenvalue weighted by Gasteiger charge is -1.96. The first kappa shape index (κ1) is 11.0. The van der Waals surface area contributed by atoms with Crippen molar-refractivity contribution in [1.82, 2.24) is 4.98 Å². The van der Waals surface area contributed by atoms with Gasteiger partial charge in [0.15, 0.2) is 0 Å². The van der Waals surface area contributed by atoms with Gasteiger partial charge in [0.1, 0.15) is 5.69 Å². The number of hydrogen-bond acceptors (Lipinski definition) is 2. The highest BCUT2D eigenvalue weighted by Crippen LogP contribution is 2.07. The topological polar surface area (TPSA) is 42.1 Å². The highest BCUT2D eigenvalue weighted by atomic mass is 79.9. The normalized spacial score (nSPS) is 10.7. The van der Waals surface area contributed by atoms with E-state index in [1.54, 1.807) is 19.2 Å². The largest absolute Gasteiger partial charge is 0.461 e. The minimum Gasteiger partial charge on any atom is -0.461 e. The van der Waals surface area contributed by atoms with Crippen molar-refractivity contribution in [2.24, 2.45) is 0 Å². The van der Waals surface area contributed by atoms with Crippen LogP contribution in [0.2, 0.25) is 0 Å². The highest BCUT2D eigenvalue weighted by molar-refractivity contribution is 9.09. The van der Waals surface area contributed by atoms with Crippen LogP contribution in [-0.2, 0) is 4.74 Å². The Kier molecular flexibility index (Phi) is 4.46. The number of H-pyrrole nitrogens is 1. The summed E-state index contributed by atoms with van der Waals surface area (Å²) in [6, 6.07) is 1.76. The molecule has 0 fully saturated rings. The molecule has 0 amide bonds. The fraction of sp³-hybridized carbons (Fsp3) is 0.300. The van der Waals surface area contributed by atoms with Gasteiger partial charge in [-0.2, -0.15) is 0 Å². The van der Waals surface area contributed by atoms with Crippen molar-refractivity contribution < 1.29 is 9.53 Å². The molecule has 76 valence electrons. The van der Waals surface area contributed by atoms with E-state index in [0.717, 1.165) is 10.9 Å². The Morgan fingerprint density at radius 3 is 3.14 bits per heavy atom. The Bertz CT molecular complexity index is 331. The van der Waals surface area contributed by atoms with Crippen LogP contribution < -0.4 is 0 Å². The van der Waals surface area contributed by atoms with Crippen LogP contribution in [0.3, 0.4) is 0 Å². The SMILES string of the molecule is CCOC(=O)c1cc(C=CCBr)c[nH]1. The molecule has 0 saturated heterocycles. The Morgan fingerprint density at radius 1 is 1.71 bits per heavy atom. The average molecular weight is 258 g/mol. The molecule has 1 N–H and O–H groups in total. The molecule has 1 rings (SSSR count). The fourth-order valence-corrected chi connectivity index (χ4v) is 1.20. The predicted octanol–water partition coefficient (Wildman–Crippen LogP) is 2.60. The first-order chi connectivity index (χ1) is 6.77. The van der Waals surface area contributed by atoms with Gasteiger partial charge in [0, 0.05) is 11.5 Å². The lowest BCUT2D eigenvalue weighted by Crippen LogP contribution is -2.04. The molecule has 0 saturated carbocycles. The molecule has 0 bridgehead atoms. The van der Waals surface area contributed by atoms with Crippen molar-refractivity contribution in [3.8, 4) is 0 Å². The van der Waals surface area contributed by atoms with Crippen LogP contribution in [0.4, 0.5) is 0 Å². The maximum Gasteiger partial charge on any atom is 0.354 e. The van der Waals surface area contributed by atoms with E-state index in [-0.39, 0.29) is 5.97 Å². The van der Waals surface area contributed by atoms with Gasteiger partial charge in [-0.05, 0) is 18.6 Å². The molecule has 0 unspecified atom stereocenters. The van der Waals surface area contributed by atoms with Crippen LogP contribution in [0.25, 0.3) is 6.08 Å². The van der Waals surface area contributed by atoms with Crippen LogP contribution in [0.5, 0.6) is 0 Å². The summed E-state index contributed by atoms with van der Waals surface area (Å²) in [6.07, 6.45) is 5.65. The van der Waals surface area contributed by atoms with Gasteiger partial charge >= 0.3 is 5.97 Å². The fourth-order valence-electron chi connectivity index (χ4n) is 1.01. The number of rotatable bonds is 4. The third-order valence-corrected chi connectivity index (χ3v) is 1.97. The zero-order valence-electron chi connectivity index (χ0n) is 7.92. The molecule has 0 aliphatic carbocycles. The number of alkyl halides is 1. The lowest BCUT2D eigenvalue weighted by molar-refractivity contribution is 0.0520. The van der Waals surface area contributed by atoms with Crippen molar-refractivity contribution in [3.05, 3.63) is 29.6 Å². The number of carbonyl (C=O) groups is 1. The van der Waals surface area contributed by atoms with Crippen molar-refractivity contribution in [2.45, 2.75) is 6.92 Å². The quantitative estimate of drug-likeness (QED) is 0.666. The van der Waals surface area contributed by atoms with E-state index in [9.17, 15) is 4.79 Å². The van der Waals surface area contributed by atoms with E-state index in [1.807, 2.05) is 12.2 Å². The Morgan fingerprint density at radius 2 is 2.50 bits per heavy atom. The third kappa shape index (κ3) is 3.03. The van der Waals surface area contributed by atoms with Gasteiger partial charge in [-0.25, -0.2) is 4.79 Å². The molecule has 0 aliphatic heterocycles. The summed E-state index contributed by atoms with van der Waals surface area (Å²) in [5, 5.41) is 0.799. The minimum absolute atomic E-state index is 0.314. The highest BCUT2D eigenvalue weighted by Gasteiger charge is 2.07. The smallest absolute Gasteiger partial charge is 0.354 e. The predicted molar refractivity (Wildman–Crippen MR) is 59.6 cm³/mol. The summed E-state index contributed by atoms with van der Waals surface area (Å²) in [4.78, 5) is 14.1. The number of aromatic nitrogens is 1. The summed E-state index contributed by atoms with van der Waals surface area (Å²) in [6.45, 7) is 2.18. The van der Waals surface area contributed by atoms with E-state index in [2.05, 4.69) is 20.9 Å². The maximum atomic E-state index is 11.2. The number of esters is 1. The summed E-state index contributed by atoms with van der Waals surface area (Å²) < 4.78 is 4.84. The molecule has 0 spiro atoms. The molecule has 1 aromatic rings. The Labute approximate surface area is 91.3 Å². The minimum atomic E-state index is -0.314. The Balaban J connectivity index is 2.67. The summed E-state index contributed by atoms with van der Waals surface area (Å²) in [7, 11) is 0. The first-order valence-electron chi connectivity index (χ1n) is 4.36. The summed E-state index contributed by atoms with van der Waals surface area (Å²) in [5.41, 5.74) is 1.45. The lowest BCUT2D eigenvalue weighted by atomic mass is 10.3. The second-order valence-electron chi connectivity index (χ2n) is 2.62. The number of halogens is 1. The van der Waals surface area contributed by atoms with Crippen LogP contribution in [0.15, 0.2) is 18.3 Å². The summed E-state index contributed by atoms with van der Waals surface area (Å²) >= 11 is 3.28. The van der Waals surface area contributed by atoms with Crippen molar-refractivity contribution in [3.63, 3.8) is 0 Å². The molecule has 3 nitrogen and oxygen atoms in total. The maximum absolute atomic E-state index is 11.2. The molecule has 1 aromatic heterocycles. The molecule has 4 heteroatoms. The van der Waals surface area contributed by atoms with E-state index in [1.165, 1.54) is 0 Å². The molecule has 0 atom stereocenters. The van der Waals surface area contributed by atoms with Crippen molar-refractivity contribution in [2.75, 3.05) is 11.9 Å². The van der Waals surface area contributed by atoms with Gasteiger partial charge in [0.25, 0.3) is 0 Å². The molecule has 0 aliphatic rings. The van der Waals surface area contributed by atoms with Gasteiger partial charge in [-0.3, -0.25) is 0 Å². The average Bonchev–Trinajstić information content (AvgIpc) is 2.63. The van der Waals surface area contributed by atoms with Crippen molar-refractivity contribution >= 4 is 28.0 Å². The van der Waals surface area contributed by atoms with E-state index >= 15 is 0 Å². The number of allylic oxidation sites excluding steroid dienone is 1. The van der Waals surface area contributed by atoms with E-state index < -0.39 is 0 Å². The number of hydrogen-bond donors (Lipinski definition) is 1. The van der Waals surface area contributed by atoms with Gasteiger partial charge in [-0.1, -0.05) is 28.1 Å². The van der Waals surface area contributed by atoms with E-state index in [4.69, 9.17) is 4.74 Å². The third-order valence-electron chi connectivity index (χ3n) is 1.60. The van der Waals surface area contributed by atoms with Gasteiger partial charge < -0.3 is 9.72 Å². The second kappa shape index (κ2) is 5.65. The Hall–Kier alpha value is -1.03. The van der Waals surface area contributed by atoms with Crippen LogP contribution >= 0.6 is 15.9 Å². The number of nitrogens with one attached hydrogen (secondary N) is 1. The number of ether oxygens (including phenoxy) is 1. The first-order valence-corrected chi connectivity index (χ1v) is 5.48.